The Labute approximate surface area is 103 Å². The van der Waals surface area contributed by atoms with Gasteiger partial charge in [0.1, 0.15) is 0 Å². The maximum Gasteiger partial charge on any atom is 0.408 e. The number of nitrogens with zero attached hydrogens (tertiary/aromatic N) is 3. The van der Waals surface area contributed by atoms with Gasteiger partial charge >= 0.3 is 5.82 Å². The van der Waals surface area contributed by atoms with E-state index in [0.29, 0.717) is 6.54 Å². The van der Waals surface area contributed by atoms with Crippen molar-refractivity contribution in [2.75, 3.05) is 0 Å². The zero-order valence-electron chi connectivity index (χ0n) is 9.13. The van der Waals surface area contributed by atoms with Gasteiger partial charge in [-0.15, -0.1) is 0 Å². The molecule has 0 radical (unpaired) electrons. The van der Waals surface area contributed by atoms with Gasteiger partial charge in [0.25, 0.3) is 0 Å². The average molecular weight is 252 g/mol. The highest BCUT2D eigenvalue weighted by Gasteiger charge is 2.19. The maximum atomic E-state index is 10.6. The van der Waals surface area contributed by atoms with E-state index in [1.54, 1.807) is 0 Å². The molecule has 5 nitrogen and oxygen atoms in total. The van der Waals surface area contributed by atoms with Crippen LogP contribution in [0.5, 0.6) is 0 Å². The molecule has 0 aliphatic heterocycles. The second-order valence-electron chi connectivity index (χ2n) is 3.68. The summed E-state index contributed by atoms with van der Waals surface area (Å²) in [6.45, 7) is 2.45. The van der Waals surface area contributed by atoms with Gasteiger partial charge in [0.2, 0.25) is 0 Å². The van der Waals surface area contributed by atoms with E-state index in [9.17, 15) is 10.1 Å². The van der Waals surface area contributed by atoms with Crippen molar-refractivity contribution in [3.05, 3.63) is 56.7 Å². The van der Waals surface area contributed by atoms with Crippen molar-refractivity contribution in [1.82, 2.24) is 9.78 Å². The third-order valence-electron chi connectivity index (χ3n) is 2.47. The molecule has 0 fully saturated rings. The molecule has 1 aromatic carbocycles. The summed E-state index contributed by atoms with van der Waals surface area (Å²) in [6.07, 6.45) is 1.46. The van der Waals surface area contributed by atoms with Gasteiger partial charge in [0, 0.05) is 0 Å². The molecule has 2 rings (SSSR count). The number of benzene rings is 1. The minimum atomic E-state index is -0.587. The van der Waals surface area contributed by atoms with Crippen molar-refractivity contribution in [2.45, 2.75) is 13.5 Å². The van der Waals surface area contributed by atoms with Gasteiger partial charge in [-0.05, 0) is 23.0 Å². The molecular formula is C11H10ClN3O2. The summed E-state index contributed by atoms with van der Waals surface area (Å²) in [6, 6.07) is 7.80. The summed E-state index contributed by atoms with van der Waals surface area (Å²) >= 11 is 5.72. The first kappa shape index (κ1) is 11.6. The van der Waals surface area contributed by atoms with Crippen LogP contribution in [-0.4, -0.2) is 14.7 Å². The Balaban J connectivity index is 2.28. The number of rotatable bonds is 3. The largest absolute Gasteiger partial charge is 0.408 e. The standard InChI is InChI=1S/C11H10ClN3O2/c1-8-4-2-3-5-9(8)6-14-7-10(12)11(13-14)15(16)17/h2-5,7H,6H2,1H3. The summed E-state index contributed by atoms with van der Waals surface area (Å²) < 4.78 is 1.48. The predicted octanol–water partition coefficient (Wildman–Crippen LogP) is 2.80. The second-order valence-corrected chi connectivity index (χ2v) is 4.09. The van der Waals surface area contributed by atoms with Crippen LogP contribution in [0.15, 0.2) is 30.5 Å². The van der Waals surface area contributed by atoms with E-state index in [4.69, 9.17) is 11.6 Å². The van der Waals surface area contributed by atoms with E-state index in [1.165, 1.54) is 10.9 Å². The Bertz CT molecular complexity index is 566. The smallest absolute Gasteiger partial charge is 0.358 e. The highest BCUT2D eigenvalue weighted by atomic mass is 35.5. The van der Waals surface area contributed by atoms with Crippen LogP contribution in [0.4, 0.5) is 5.82 Å². The fourth-order valence-corrected chi connectivity index (χ4v) is 1.77. The van der Waals surface area contributed by atoms with Gasteiger partial charge in [0.05, 0.1) is 17.8 Å². The van der Waals surface area contributed by atoms with Crippen molar-refractivity contribution >= 4 is 17.4 Å². The van der Waals surface area contributed by atoms with Gasteiger partial charge < -0.3 is 10.1 Å². The summed E-state index contributed by atoms with van der Waals surface area (Å²) in [4.78, 5) is 10.0. The SMILES string of the molecule is Cc1ccccc1Cn1cc(Cl)c([N+](=O)[O-])n1. The van der Waals surface area contributed by atoms with Gasteiger partial charge in [-0.1, -0.05) is 35.9 Å². The Morgan fingerprint density at radius 1 is 1.47 bits per heavy atom. The van der Waals surface area contributed by atoms with Crippen molar-refractivity contribution in [3.63, 3.8) is 0 Å². The highest BCUT2D eigenvalue weighted by molar-refractivity contribution is 6.32. The predicted molar refractivity (Wildman–Crippen MR) is 64.2 cm³/mol. The van der Waals surface area contributed by atoms with Crippen LogP contribution in [0.2, 0.25) is 5.02 Å². The number of halogens is 1. The van der Waals surface area contributed by atoms with E-state index in [-0.39, 0.29) is 10.8 Å². The normalized spacial score (nSPS) is 10.5. The number of aromatic nitrogens is 2. The van der Waals surface area contributed by atoms with Gasteiger partial charge in [-0.2, -0.15) is 4.68 Å². The lowest BCUT2D eigenvalue weighted by Gasteiger charge is -2.02. The molecule has 0 unspecified atom stereocenters. The first-order valence-corrected chi connectivity index (χ1v) is 5.37. The van der Waals surface area contributed by atoms with E-state index >= 15 is 0 Å². The van der Waals surface area contributed by atoms with Gasteiger partial charge in [-0.3, -0.25) is 0 Å². The van der Waals surface area contributed by atoms with E-state index in [1.807, 2.05) is 31.2 Å². The van der Waals surface area contributed by atoms with Crippen molar-refractivity contribution < 1.29 is 4.92 Å². The summed E-state index contributed by atoms with van der Waals surface area (Å²) in [5.74, 6) is -0.305. The molecule has 88 valence electrons. The third-order valence-corrected chi connectivity index (χ3v) is 2.73. The first-order valence-electron chi connectivity index (χ1n) is 5.00. The van der Waals surface area contributed by atoms with E-state index in [0.717, 1.165) is 11.1 Å². The molecule has 0 amide bonds. The molecule has 1 heterocycles. The molecule has 0 atom stereocenters. The highest BCUT2D eigenvalue weighted by Crippen LogP contribution is 2.22. The molecule has 6 heteroatoms. The lowest BCUT2D eigenvalue weighted by atomic mass is 10.1. The van der Waals surface area contributed by atoms with E-state index < -0.39 is 4.92 Å². The molecule has 0 saturated heterocycles. The molecule has 0 aliphatic rings. The van der Waals surface area contributed by atoms with E-state index in [2.05, 4.69) is 5.10 Å². The number of nitro groups is 1. The lowest BCUT2D eigenvalue weighted by Crippen LogP contribution is -2.02. The van der Waals surface area contributed by atoms with Crippen LogP contribution in [0.1, 0.15) is 11.1 Å². The molecule has 0 saturated carbocycles. The van der Waals surface area contributed by atoms with Gasteiger partial charge in [-0.25, -0.2) is 0 Å². The average Bonchev–Trinajstić information content (AvgIpc) is 2.63. The zero-order chi connectivity index (χ0) is 12.4. The number of hydrogen-bond acceptors (Lipinski definition) is 3. The first-order chi connectivity index (χ1) is 8.08. The number of aryl methyl sites for hydroxylation is 1. The molecule has 17 heavy (non-hydrogen) atoms. The van der Waals surface area contributed by atoms with Crippen LogP contribution < -0.4 is 0 Å². The van der Waals surface area contributed by atoms with Crippen molar-refractivity contribution in [2.24, 2.45) is 0 Å². The van der Waals surface area contributed by atoms with Crippen LogP contribution in [0.25, 0.3) is 0 Å². The minimum absolute atomic E-state index is 0.0589. The van der Waals surface area contributed by atoms with Gasteiger partial charge in [0.15, 0.2) is 5.02 Å². The molecule has 0 N–H and O–H groups in total. The quantitative estimate of drug-likeness (QED) is 0.622. The Morgan fingerprint density at radius 3 is 2.76 bits per heavy atom. The molecule has 0 aliphatic carbocycles. The Kier molecular flexibility index (Phi) is 3.10. The van der Waals surface area contributed by atoms with Crippen LogP contribution >= 0.6 is 11.6 Å². The maximum absolute atomic E-state index is 10.6. The fourth-order valence-electron chi connectivity index (χ4n) is 1.55. The van der Waals surface area contributed by atoms with Crippen molar-refractivity contribution in [3.8, 4) is 0 Å². The summed E-state index contributed by atoms with van der Waals surface area (Å²) in [5.41, 5.74) is 2.17. The molecule has 1 aromatic heterocycles. The fraction of sp³-hybridized carbons (Fsp3) is 0.182. The van der Waals surface area contributed by atoms with Crippen LogP contribution in [0.3, 0.4) is 0 Å². The molecular weight excluding hydrogens is 242 g/mol. The Hall–Kier alpha value is -1.88. The molecule has 2 aromatic rings. The zero-order valence-corrected chi connectivity index (χ0v) is 9.89. The molecule has 0 bridgehead atoms. The van der Waals surface area contributed by atoms with Crippen LogP contribution in [-0.2, 0) is 6.54 Å². The topological polar surface area (TPSA) is 61.0 Å². The monoisotopic (exact) mass is 251 g/mol. The Morgan fingerprint density at radius 2 is 2.18 bits per heavy atom. The minimum Gasteiger partial charge on any atom is -0.358 e. The second kappa shape index (κ2) is 4.55. The summed E-state index contributed by atoms with van der Waals surface area (Å²) in [5, 5.41) is 14.5. The number of hydrogen-bond donors (Lipinski definition) is 0. The summed E-state index contributed by atoms with van der Waals surface area (Å²) in [7, 11) is 0. The molecule has 0 spiro atoms. The van der Waals surface area contributed by atoms with Crippen LogP contribution in [0, 0.1) is 17.0 Å². The van der Waals surface area contributed by atoms with Crippen molar-refractivity contribution in [1.29, 1.82) is 0 Å². The third kappa shape index (κ3) is 2.45. The lowest BCUT2D eigenvalue weighted by molar-refractivity contribution is -0.389.